The van der Waals surface area contributed by atoms with E-state index in [1.165, 1.54) is 0 Å². The molecule has 0 spiro atoms. The SMILES string of the molecule is O=C(NCCC(=O)N1CCNCC1)c1ccc2c(c1)OCO2. The lowest BCUT2D eigenvalue weighted by Crippen LogP contribution is -2.47. The maximum atomic E-state index is 12.1. The molecule has 1 fully saturated rings. The first-order valence-corrected chi connectivity index (χ1v) is 7.40. The molecule has 7 heteroatoms. The summed E-state index contributed by atoms with van der Waals surface area (Å²) < 4.78 is 10.4. The first-order valence-electron chi connectivity index (χ1n) is 7.40. The van der Waals surface area contributed by atoms with Gasteiger partial charge in [0.05, 0.1) is 0 Å². The molecule has 0 radical (unpaired) electrons. The minimum atomic E-state index is -0.216. The molecular formula is C15H19N3O4. The summed E-state index contributed by atoms with van der Waals surface area (Å²) in [6.45, 7) is 3.63. The molecule has 118 valence electrons. The van der Waals surface area contributed by atoms with Crippen molar-refractivity contribution in [3.8, 4) is 11.5 Å². The molecule has 0 bridgehead atoms. The molecule has 0 unspecified atom stereocenters. The second kappa shape index (κ2) is 6.65. The van der Waals surface area contributed by atoms with Crippen LogP contribution in [0.4, 0.5) is 0 Å². The van der Waals surface area contributed by atoms with Gasteiger partial charge in [-0.25, -0.2) is 0 Å². The summed E-state index contributed by atoms with van der Waals surface area (Å²) in [6.07, 6.45) is 0.316. The number of carbonyl (C=O) groups is 2. The topological polar surface area (TPSA) is 79.9 Å². The van der Waals surface area contributed by atoms with Gasteiger partial charge in [-0.2, -0.15) is 0 Å². The summed E-state index contributed by atoms with van der Waals surface area (Å²) in [5.74, 6) is 1.08. The minimum Gasteiger partial charge on any atom is -0.454 e. The van der Waals surface area contributed by atoms with Gasteiger partial charge in [-0.05, 0) is 18.2 Å². The normalized spacial score (nSPS) is 16.5. The van der Waals surface area contributed by atoms with Gasteiger partial charge >= 0.3 is 0 Å². The third kappa shape index (κ3) is 3.30. The Bertz CT molecular complexity index is 570. The molecule has 0 atom stereocenters. The number of carbonyl (C=O) groups excluding carboxylic acids is 2. The lowest BCUT2D eigenvalue weighted by Gasteiger charge is -2.27. The molecule has 7 nitrogen and oxygen atoms in total. The fraction of sp³-hybridized carbons (Fsp3) is 0.467. The summed E-state index contributed by atoms with van der Waals surface area (Å²) in [4.78, 5) is 25.9. The molecule has 2 aliphatic rings. The van der Waals surface area contributed by atoms with E-state index in [1.54, 1.807) is 18.2 Å². The van der Waals surface area contributed by atoms with Crippen molar-refractivity contribution in [1.29, 1.82) is 0 Å². The van der Waals surface area contributed by atoms with E-state index >= 15 is 0 Å². The van der Waals surface area contributed by atoms with E-state index in [-0.39, 0.29) is 18.6 Å². The molecule has 2 heterocycles. The molecule has 1 aromatic carbocycles. The smallest absolute Gasteiger partial charge is 0.251 e. The van der Waals surface area contributed by atoms with E-state index in [0.717, 1.165) is 26.2 Å². The van der Waals surface area contributed by atoms with Gasteiger partial charge in [-0.1, -0.05) is 0 Å². The third-order valence-electron chi connectivity index (χ3n) is 3.73. The van der Waals surface area contributed by atoms with Crippen LogP contribution < -0.4 is 20.1 Å². The van der Waals surface area contributed by atoms with Crippen molar-refractivity contribution in [1.82, 2.24) is 15.5 Å². The van der Waals surface area contributed by atoms with Crippen LogP contribution in [0.1, 0.15) is 16.8 Å². The van der Waals surface area contributed by atoms with E-state index in [1.807, 2.05) is 4.90 Å². The van der Waals surface area contributed by atoms with Crippen LogP contribution in [0.2, 0.25) is 0 Å². The molecule has 0 saturated carbocycles. The molecular weight excluding hydrogens is 286 g/mol. The number of hydrogen-bond acceptors (Lipinski definition) is 5. The van der Waals surface area contributed by atoms with Crippen LogP contribution in [-0.4, -0.2) is 56.2 Å². The highest BCUT2D eigenvalue weighted by Gasteiger charge is 2.18. The molecule has 2 amide bonds. The molecule has 0 aromatic heterocycles. The number of rotatable bonds is 4. The Morgan fingerprint density at radius 2 is 1.95 bits per heavy atom. The van der Waals surface area contributed by atoms with Gasteiger partial charge in [0, 0.05) is 44.7 Å². The monoisotopic (exact) mass is 305 g/mol. The summed E-state index contributed by atoms with van der Waals surface area (Å²) >= 11 is 0. The number of benzene rings is 1. The Hall–Kier alpha value is -2.28. The van der Waals surface area contributed by atoms with Crippen molar-refractivity contribution in [3.05, 3.63) is 23.8 Å². The predicted octanol–water partition coefficient (Wildman–Crippen LogP) is -0.0330. The lowest BCUT2D eigenvalue weighted by atomic mass is 10.2. The molecule has 1 saturated heterocycles. The highest BCUT2D eigenvalue weighted by atomic mass is 16.7. The van der Waals surface area contributed by atoms with Crippen molar-refractivity contribution in [2.24, 2.45) is 0 Å². The van der Waals surface area contributed by atoms with Crippen LogP contribution in [0.15, 0.2) is 18.2 Å². The molecule has 1 aromatic rings. The summed E-state index contributed by atoms with van der Waals surface area (Å²) in [6, 6.07) is 5.04. The number of fused-ring (bicyclic) bond motifs is 1. The lowest BCUT2D eigenvalue weighted by molar-refractivity contribution is -0.131. The average Bonchev–Trinajstić information content (AvgIpc) is 3.03. The highest BCUT2D eigenvalue weighted by molar-refractivity contribution is 5.95. The zero-order valence-electron chi connectivity index (χ0n) is 12.3. The van der Waals surface area contributed by atoms with Gasteiger partial charge in [0.2, 0.25) is 12.7 Å². The largest absolute Gasteiger partial charge is 0.454 e. The van der Waals surface area contributed by atoms with Crippen molar-refractivity contribution < 1.29 is 19.1 Å². The van der Waals surface area contributed by atoms with Crippen molar-refractivity contribution in [2.75, 3.05) is 39.5 Å². The summed E-state index contributed by atoms with van der Waals surface area (Å²) in [5.41, 5.74) is 0.499. The Labute approximate surface area is 128 Å². The number of nitrogens with one attached hydrogen (secondary N) is 2. The molecule has 0 aliphatic carbocycles. The van der Waals surface area contributed by atoms with E-state index < -0.39 is 0 Å². The quantitative estimate of drug-likeness (QED) is 0.816. The maximum absolute atomic E-state index is 12.1. The molecule has 2 aliphatic heterocycles. The number of amides is 2. The second-order valence-corrected chi connectivity index (χ2v) is 5.20. The van der Waals surface area contributed by atoms with E-state index in [0.29, 0.717) is 30.0 Å². The van der Waals surface area contributed by atoms with Crippen LogP contribution >= 0.6 is 0 Å². The summed E-state index contributed by atoms with van der Waals surface area (Å²) in [7, 11) is 0. The Morgan fingerprint density at radius 1 is 1.18 bits per heavy atom. The number of nitrogens with zero attached hydrogens (tertiary/aromatic N) is 1. The van der Waals surface area contributed by atoms with Crippen molar-refractivity contribution in [2.45, 2.75) is 6.42 Å². The molecule has 2 N–H and O–H groups in total. The van der Waals surface area contributed by atoms with Crippen molar-refractivity contribution in [3.63, 3.8) is 0 Å². The van der Waals surface area contributed by atoms with Gasteiger partial charge in [0.25, 0.3) is 5.91 Å². The van der Waals surface area contributed by atoms with Crippen LogP contribution in [0.25, 0.3) is 0 Å². The van der Waals surface area contributed by atoms with Crippen LogP contribution in [0, 0.1) is 0 Å². The fourth-order valence-corrected chi connectivity index (χ4v) is 2.50. The van der Waals surface area contributed by atoms with Crippen LogP contribution in [0.5, 0.6) is 11.5 Å². The Morgan fingerprint density at radius 3 is 2.77 bits per heavy atom. The van der Waals surface area contributed by atoms with Crippen LogP contribution in [0.3, 0.4) is 0 Å². The van der Waals surface area contributed by atoms with E-state index in [4.69, 9.17) is 9.47 Å². The maximum Gasteiger partial charge on any atom is 0.251 e. The predicted molar refractivity (Wildman–Crippen MR) is 79.0 cm³/mol. The van der Waals surface area contributed by atoms with Gasteiger partial charge < -0.3 is 25.0 Å². The van der Waals surface area contributed by atoms with E-state index in [2.05, 4.69) is 10.6 Å². The van der Waals surface area contributed by atoms with Gasteiger partial charge in [-0.15, -0.1) is 0 Å². The second-order valence-electron chi connectivity index (χ2n) is 5.20. The first-order chi connectivity index (χ1) is 10.7. The standard InChI is InChI=1S/C15H19N3O4/c19-14(18-7-5-16-6-8-18)3-4-17-15(20)11-1-2-12-13(9-11)22-10-21-12/h1-2,9,16H,3-8,10H2,(H,17,20). The van der Waals surface area contributed by atoms with Gasteiger partial charge in [0.15, 0.2) is 11.5 Å². The summed E-state index contributed by atoms with van der Waals surface area (Å²) in [5, 5.41) is 5.96. The van der Waals surface area contributed by atoms with Crippen molar-refractivity contribution >= 4 is 11.8 Å². The number of hydrogen-bond donors (Lipinski definition) is 2. The van der Waals surface area contributed by atoms with Gasteiger partial charge in [-0.3, -0.25) is 9.59 Å². The number of piperazine rings is 1. The third-order valence-corrected chi connectivity index (χ3v) is 3.73. The molecule has 22 heavy (non-hydrogen) atoms. The Kier molecular flexibility index (Phi) is 4.43. The zero-order valence-corrected chi connectivity index (χ0v) is 12.3. The fourth-order valence-electron chi connectivity index (χ4n) is 2.50. The Balaban J connectivity index is 1.47. The number of ether oxygens (including phenoxy) is 2. The molecule has 3 rings (SSSR count). The van der Waals surface area contributed by atoms with Crippen LogP contribution in [-0.2, 0) is 4.79 Å². The van der Waals surface area contributed by atoms with Gasteiger partial charge in [0.1, 0.15) is 0 Å². The first kappa shape index (κ1) is 14.6. The van der Waals surface area contributed by atoms with E-state index in [9.17, 15) is 9.59 Å². The zero-order chi connectivity index (χ0) is 15.4. The minimum absolute atomic E-state index is 0.0764. The average molecular weight is 305 g/mol. The highest BCUT2D eigenvalue weighted by Crippen LogP contribution is 2.32.